The summed E-state index contributed by atoms with van der Waals surface area (Å²) in [4.78, 5) is 13.1. The Morgan fingerprint density at radius 2 is 0.983 bits per heavy atom. The molecule has 0 aromatic carbocycles. The van der Waals surface area contributed by atoms with Gasteiger partial charge in [-0.2, -0.15) is 0 Å². The van der Waals surface area contributed by atoms with Gasteiger partial charge in [-0.25, -0.2) is 0 Å². The van der Waals surface area contributed by atoms with E-state index in [1.165, 1.54) is 141 Å². The first-order valence-corrected chi connectivity index (χ1v) is 24.8. The largest absolute Gasteiger partial charge is 0.394 e. The lowest BCUT2D eigenvalue weighted by atomic mass is 9.99. The van der Waals surface area contributed by atoms with E-state index in [1.807, 2.05) is 6.08 Å². The number of carbonyl (C=O) groups excluding carboxylic acids is 1. The summed E-state index contributed by atoms with van der Waals surface area (Å²) in [6.07, 6.45) is 39.5. The highest BCUT2D eigenvalue weighted by molar-refractivity contribution is 5.80. The fraction of sp³-hybridized carbons (Fsp3) is 0.860. The van der Waals surface area contributed by atoms with Crippen molar-refractivity contribution in [2.45, 2.75) is 262 Å². The Balaban J connectivity index is 2.39. The van der Waals surface area contributed by atoms with Crippen molar-refractivity contribution < 1.29 is 44.9 Å². The van der Waals surface area contributed by atoms with Gasteiger partial charge < -0.3 is 45.4 Å². The molecule has 1 aliphatic heterocycles. The van der Waals surface area contributed by atoms with Crippen LogP contribution in [0, 0.1) is 0 Å². The van der Waals surface area contributed by atoms with Crippen LogP contribution in [0.2, 0.25) is 0 Å². The lowest BCUT2D eigenvalue weighted by Gasteiger charge is -2.40. The van der Waals surface area contributed by atoms with Crippen molar-refractivity contribution in [2.24, 2.45) is 0 Å². The maximum absolute atomic E-state index is 13.1. The van der Waals surface area contributed by atoms with Gasteiger partial charge in [0.25, 0.3) is 0 Å². The molecule has 1 fully saturated rings. The van der Waals surface area contributed by atoms with Crippen LogP contribution in [0.15, 0.2) is 36.5 Å². The van der Waals surface area contributed by atoms with Crippen LogP contribution in [0.4, 0.5) is 0 Å². The molecular formula is C50H93NO9. The highest BCUT2D eigenvalue weighted by Crippen LogP contribution is 2.23. The number of hydrogen-bond donors (Lipinski definition) is 7. The summed E-state index contributed by atoms with van der Waals surface area (Å²) in [5.41, 5.74) is 0. The minimum absolute atomic E-state index is 0.297. The molecule has 0 spiro atoms. The molecule has 7 N–H and O–H groups in total. The van der Waals surface area contributed by atoms with Crippen molar-refractivity contribution in [3.63, 3.8) is 0 Å². The van der Waals surface area contributed by atoms with Crippen LogP contribution in [0.5, 0.6) is 0 Å². The number of ether oxygens (including phenoxy) is 2. The fourth-order valence-corrected chi connectivity index (χ4v) is 7.70. The molecule has 0 bridgehead atoms. The third kappa shape index (κ3) is 29.6. The van der Waals surface area contributed by atoms with E-state index in [0.29, 0.717) is 19.3 Å². The summed E-state index contributed by atoms with van der Waals surface area (Å²) >= 11 is 0. The monoisotopic (exact) mass is 852 g/mol. The number of amides is 1. The molecule has 0 saturated carbocycles. The smallest absolute Gasteiger partial charge is 0.249 e. The van der Waals surface area contributed by atoms with Crippen LogP contribution in [0.25, 0.3) is 0 Å². The minimum Gasteiger partial charge on any atom is -0.394 e. The van der Waals surface area contributed by atoms with Crippen molar-refractivity contribution in [3.8, 4) is 0 Å². The zero-order valence-corrected chi connectivity index (χ0v) is 38.3. The molecule has 1 rings (SSSR count). The number of unbranched alkanes of at least 4 members (excludes halogenated alkanes) is 26. The highest BCUT2D eigenvalue weighted by Gasteiger charge is 2.44. The molecular weight excluding hydrogens is 759 g/mol. The molecule has 60 heavy (non-hydrogen) atoms. The second kappa shape index (κ2) is 40.2. The Kier molecular flexibility index (Phi) is 37.7. The van der Waals surface area contributed by atoms with E-state index in [4.69, 9.17) is 9.47 Å². The fourth-order valence-electron chi connectivity index (χ4n) is 7.70. The van der Waals surface area contributed by atoms with Gasteiger partial charge in [0.2, 0.25) is 5.91 Å². The van der Waals surface area contributed by atoms with Crippen LogP contribution in [-0.4, -0.2) is 98.7 Å². The van der Waals surface area contributed by atoms with E-state index >= 15 is 0 Å². The lowest BCUT2D eigenvalue weighted by molar-refractivity contribution is -0.302. The quantitative estimate of drug-likeness (QED) is 0.0234. The summed E-state index contributed by atoms with van der Waals surface area (Å²) in [6, 6.07) is -0.998. The summed E-state index contributed by atoms with van der Waals surface area (Å²) in [5.74, 6) is -0.631. The second-order valence-corrected chi connectivity index (χ2v) is 17.4. The van der Waals surface area contributed by atoms with E-state index < -0.39 is 61.5 Å². The maximum atomic E-state index is 13.1. The summed E-state index contributed by atoms with van der Waals surface area (Å²) in [7, 11) is 0. The molecule has 1 saturated heterocycles. The Labute approximate surface area is 366 Å². The van der Waals surface area contributed by atoms with Gasteiger partial charge in [-0.15, -0.1) is 0 Å². The average molecular weight is 852 g/mol. The van der Waals surface area contributed by atoms with Crippen LogP contribution in [0.3, 0.4) is 0 Å². The van der Waals surface area contributed by atoms with Crippen molar-refractivity contribution >= 4 is 5.91 Å². The van der Waals surface area contributed by atoms with Gasteiger partial charge in [-0.1, -0.05) is 192 Å². The normalized spacial score (nSPS) is 21.4. The predicted molar refractivity (Wildman–Crippen MR) is 246 cm³/mol. The van der Waals surface area contributed by atoms with Gasteiger partial charge in [-0.05, 0) is 57.8 Å². The topological polar surface area (TPSA) is 169 Å². The molecule has 352 valence electrons. The van der Waals surface area contributed by atoms with Crippen molar-refractivity contribution in [3.05, 3.63) is 36.5 Å². The minimum atomic E-state index is -1.62. The molecule has 1 aliphatic rings. The van der Waals surface area contributed by atoms with Crippen LogP contribution in [0.1, 0.15) is 213 Å². The molecule has 8 atom stereocenters. The van der Waals surface area contributed by atoms with Crippen molar-refractivity contribution in [1.82, 2.24) is 5.32 Å². The molecule has 10 nitrogen and oxygen atoms in total. The number of allylic oxidation sites excluding steroid dienone is 5. The number of carbonyl (C=O) groups is 1. The Bertz CT molecular complexity index is 1050. The molecule has 0 aromatic rings. The molecule has 0 aliphatic carbocycles. The molecule has 8 unspecified atom stereocenters. The maximum Gasteiger partial charge on any atom is 0.249 e. The van der Waals surface area contributed by atoms with Gasteiger partial charge in [0.15, 0.2) is 6.29 Å². The van der Waals surface area contributed by atoms with Gasteiger partial charge in [0.1, 0.15) is 30.5 Å². The Morgan fingerprint density at radius 1 is 0.567 bits per heavy atom. The lowest BCUT2D eigenvalue weighted by Crippen LogP contribution is -2.60. The van der Waals surface area contributed by atoms with E-state index in [-0.39, 0.29) is 6.61 Å². The third-order valence-corrected chi connectivity index (χ3v) is 11.8. The van der Waals surface area contributed by atoms with Crippen molar-refractivity contribution in [2.75, 3.05) is 13.2 Å². The van der Waals surface area contributed by atoms with Crippen LogP contribution < -0.4 is 5.32 Å². The van der Waals surface area contributed by atoms with Gasteiger partial charge >= 0.3 is 0 Å². The molecule has 0 aromatic heterocycles. The number of hydrogen-bond acceptors (Lipinski definition) is 9. The first kappa shape index (κ1) is 56.4. The van der Waals surface area contributed by atoms with E-state index in [9.17, 15) is 35.4 Å². The molecule has 1 heterocycles. The van der Waals surface area contributed by atoms with E-state index in [1.54, 1.807) is 6.08 Å². The molecule has 10 heteroatoms. The molecule has 1 amide bonds. The standard InChI is InChI=1S/C50H93NO9/c1-3-5-7-9-11-13-15-17-19-20-21-22-23-25-27-29-31-33-35-37-39-44(54)49(58)51-42(41-59-50-48(57)47(56)46(55)45(40-52)60-50)43(53)38-36-34-32-30-28-26-24-18-16-14-12-10-8-6-4-2/h22-23,28,30,36,38,42-48,50,52-57H,3-21,24-27,29,31-35,37,39-41H2,1-2H3,(H,51,58)/b23-22-,30-28+,38-36+. The first-order valence-electron chi connectivity index (χ1n) is 24.8. The van der Waals surface area contributed by atoms with Crippen molar-refractivity contribution in [1.29, 1.82) is 0 Å². The average Bonchev–Trinajstić information content (AvgIpc) is 3.25. The predicted octanol–water partition coefficient (Wildman–Crippen LogP) is 9.81. The third-order valence-electron chi connectivity index (χ3n) is 11.8. The second-order valence-electron chi connectivity index (χ2n) is 17.4. The zero-order valence-electron chi connectivity index (χ0n) is 38.3. The van der Waals surface area contributed by atoms with E-state index in [2.05, 4.69) is 43.5 Å². The number of aliphatic hydroxyl groups excluding tert-OH is 6. The summed E-state index contributed by atoms with van der Waals surface area (Å²) in [6.45, 7) is 3.59. The highest BCUT2D eigenvalue weighted by atomic mass is 16.7. The summed E-state index contributed by atoms with van der Waals surface area (Å²) in [5, 5.41) is 64.7. The molecule has 0 radical (unpaired) electrons. The number of aliphatic hydroxyl groups is 6. The van der Waals surface area contributed by atoms with Gasteiger partial charge in [0.05, 0.1) is 25.4 Å². The van der Waals surface area contributed by atoms with Crippen LogP contribution in [-0.2, 0) is 14.3 Å². The zero-order chi connectivity index (χ0) is 43.9. The van der Waals surface area contributed by atoms with Gasteiger partial charge in [0, 0.05) is 0 Å². The summed E-state index contributed by atoms with van der Waals surface area (Å²) < 4.78 is 11.1. The Hall–Kier alpha value is -1.63. The van der Waals surface area contributed by atoms with Gasteiger partial charge in [-0.3, -0.25) is 4.79 Å². The first-order chi connectivity index (χ1) is 29.3. The Morgan fingerprint density at radius 3 is 1.45 bits per heavy atom. The number of nitrogens with one attached hydrogen (secondary N) is 1. The SMILES string of the molecule is CCCCCCCCCCC/C=C/CC/C=C/C(O)C(COC1OC(CO)C(O)C(O)C1O)NC(=O)C(O)CCCCCCCC/C=C\CCCCCCCCCCCC. The van der Waals surface area contributed by atoms with E-state index in [0.717, 1.165) is 38.5 Å². The number of rotatable bonds is 41. The van der Waals surface area contributed by atoms with Crippen LogP contribution >= 0.6 is 0 Å².